The second-order valence-corrected chi connectivity index (χ2v) is 5.75. The highest BCUT2D eigenvalue weighted by Crippen LogP contribution is 2.40. The van der Waals surface area contributed by atoms with Crippen LogP contribution in [0.25, 0.3) is 22.3 Å². The highest BCUT2D eigenvalue weighted by atomic mass is 16.5. The highest BCUT2D eigenvalue weighted by molar-refractivity contribution is 5.89. The van der Waals surface area contributed by atoms with Crippen LogP contribution in [0.4, 0.5) is 0 Å². The summed E-state index contributed by atoms with van der Waals surface area (Å²) in [6.45, 7) is 1.76. The largest absolute Gasteiger partial charge is 0.481 e. The molecule has 1 aromatic carbocycles. The molecule has 2 N–H and O–H groups in total. The molecule has 1 atom stereocenters. The van der Waals surface area contributed by atoms with E-state index in [1.807, 2.05) is 12.1 Å². The number of carboxylic acids is 1. The quantitative estimate of drug-likeness (QED) is 0.775. The molecule has 22 heavy (non-hydrogen) atoms. The standard InChI is InChI=1S/C16H15N3O3/c1-8-17-16(19-22-8)10-3-5-13-12(6-10)11-4-2-9(7-14(20)21)15(11)18-13/h3,5-6,9,18H,2,4,7H2,1H3,(H,20,21). The van der Waals surface area contributed by atoms with Crippen LogP contribution in [0.5, 0.6) is 0 Å². The molecule has 4 rings (SSSR count). The fourth-order valence-electron chi connectivity index (χ4n) is 3.32. The van der Waals surface area contributed by atoms with Crippen molar-refractivity contribution in [2.24, 2.45) is 0 Å². The number of nitrogens with one attached hydrogen (secondary N) is 1. The highest BCUT2D eigenvalue weighted by Gasteiger charge is 2.28. The van der Waals surface area contributed by atoms with Crippen LogP contribution in [-0.2, 0) is 11.2 Å². The normalized spacial score (nSPS) is 17.0. The summed E-state index contributed by atoms with van der Waals surface area (Å²) >= 11 is 0. The van der Waals surface area contributed by atoms with Crippen molar-refractivity contribution in [1.82, 2.24) is 15.1 Å². The molecule has 2 aromatic heterocycles. The number of aliphatic carboxylic acids is 1. The summed E-state index contributed by atoms with van der Waals surface area (Å²) in [4.78, 5) is 18.6. The molecule has 0 aliphatic heterocycles. The number of aromatic nitrogens is 3. The Bertz CT molecular complexity index is 878. The molecule has 0 saturated carbocycles. The van der Waals surface area contributed by atoms with Crippen LogP contribution in [0.15, 0.2) is 22.7 Å². The van der Waals surface area contributed by atoms with E-state index in [0.29, 0.717) is 11.7 Å². The van der Waals surface area contributed by atoms with Gasteiger partial charge in [0.25, 0.3) is 0 Å². The van der Waals surface area contributed by atoms with Crippen LogP contribution in [0, 0.1) is 6.92 Å². The third kappa shape index (κ3) is 1.99. The molecule has 2 heterocycles. The van der Waals surface area contributed by atoms with Crippen LogP contribution >= 0.6 is 0 Å². The van der Waals surface area contributed by atoms with E-state index in [4.69, 9.17) is 9.63 Å². The van der Waals surface area contributed by atoms with Crippen LogP contribution in [0.2, 0.25) is 0 Å². The van der Waals surface area contributed by atoms with Crippen molar-refractivity contribution in [3.05, 3.63) is 35.3 Å². The van der Waals surface area contributed by atoms with Gasteiger partial charge in [-0.1, -0.05) is 5.16 Å². The molecule has 0 radical (unpaired) electrons. The Morgan fingerprint density at radius 3 is 3.09 bits per heavy atom. The number of carbonyl (C=O) groups is 1. The van der Waals surface area contributed by atoms with Crippen LogP contribution in [-0.4, -0.2) is 26.2 Å². The second-order valence-electron chi connectivity index (χ2n) is 5.75. The molecule has 0 saturated heterocycles. The maximum absolute atomic E-state index is 11.0. The first-order valence-electron chi connectivity index (χ1n) is 7.29. The molecule has 3 aromatic rings. The van der Waals surface area contributed by atoms with Crippen molar-refractivity contribution in [2.45, 2.75) is 32.1 Å². The van der Waals surface area contributed by atoms with Crippen molar-refractivity contribution < 1.29 is 14.4 Å². The fraction of sp³-hybridized carbons (Fsp3) is 0.312. The predicted octanol–water partition coefficient (Wildman–Crippen LogP) is 3.03. The van der Waals surface area contributed by atoms with Gasteiger partial charge in [0.1, 0.15) is 0 Å². The van der Waals surface area contributed by atoms with Gasteiger partial charge in [-0.05, 0) is 36.6 Å². The molecule has 1 aliphatic carbocycles. The first-order valence-corrected chi connectivity index (χ1v) is 7.29. The molecule has 6 nitrogen and oxygen atoms in total. The summed E-state index contributed by atoms with van der Waals surface area (Å²) in [6, 6.07) is 6.00. The van der Waals surface area contributed by atoms with E-state index in [1.54, 1.807) is 6.92 Å². The van der Waals surface area contributed by atoms with Gasteiger partial charge in [0.05, 0.1) is 6.42 Å². The average molecular weight is 297 g/mol. The first kappa shape index (κ1) is 13.1. The van der Waals surface area contributed by atoms with Crippen molar-refractivity contribution in [1.29, 1.82) is 0 Å². The van der Waals surface area contributed by atoms with Crippen molar-refractivity contribution in [3.63, 3.8) is 0 Å². The van der Waals surface area contributed by atoms with Gasteiger partial charge in [0.2, 0.25) is 11.7 Å². The van der Waals surface area contributed by atoms with Gasteiger partial charge >= 0.3 is 5.97 Å². The van der Waals surface area contributed by atoms with Gasteiger partial charge in [0.15, 0.2) is 0 Å². The number of benzene rings is 1. The van der Waals surface area contributed by atoms with E-state index in [9.17, 15) is 4.79 Å². The zero-order chi connectivity index (χ0) is 15.3. The van der Waals surface area contributed by atoms with E-state index in [1.165, 1.54) is 5.56 Å². The second kappa shape index (κ2) is 4.69. The summed E-state index contributed by atoms with van der Waals surface area (Å²) < 4.78 is 5.03. The third-order valence-electron chi connectivity index (χ3n) is 4.30. The SMILES string of the molecule is Cc1nc(-c2ccc3[nH]c4c(c3c2)CCC4CC(=O)O)no1. The van der Waals surface area contributed by atoms with Crippen LogP contribution < -0.4 is 0 Å². The summed E-state index contributed by atoms with van der Waals surface area (Å²) in [5.74, 6) is 0.445. The Hall–Kier alpha value is -2.63. The smallest absolute Gasteiger partial charge is 0.304 e. The maximum atomic E-state index is 11.0. The summed E-state index contributed by atoms with van der Waals surface area (Å²) in [7, 11) is 0. The van der Waals surface area contributed by atoms with Crippen molar-refractivity contribution >= 4 is 16.9 Å². The number of aryl methyl sites for hydroxylation is 2. The topological polar surface area (TPSA) is 92.0 Å². The van der Waals surface area contributed by atoms with Gasteiger partial charge in [-0.15, -0.1) is 0 Å². The van der Waals surface area contributed by atoms with Gasteiger partial charge in [-0.3, -0.25) is 4.79 Å². The lowest BCUT2D eigenvalue weighted by molar-refractivity contribution is -0.137. The molecule has 1 aliphatic rings. The Kier molecular flexibility index (Phi) is 2.79. The number of nitrogens with zero attached hydrogens (tertiary/aromatic N) is 2. The van der Waals surface area contributed by atoms with Crippen molar-refractivity contribution in [3.8, 4) is 11.4 Å². The molecule has 0 fully saturated rings. The Morgan fingerprint density at radius 1 is 1.50 bits per heavy atom. The summed E-state index contributed by atoms with van der Waals surface area (Å²) in [5, 5.41) is 14.1. The van der Waals surface area contributed by atoms with Gasteiger partial charge in [-0.2, -0.15) is 4.98 Å². The number of hydrogen-bond acceptors (Lipinski definition) is 4. The Labute approximate surface area is 126 Å². The van der Waals surface area contributed by atoms with Crippen LogP contribution in [0.1, 0.15) is 35.9 Å². The van der Waals surface area contributed by atoms with Gasteiger partial charge in [0, 0.05) is 35.0 Å². The van der Waals surface area contributed by atoms with E-state index in [-0.39, 0.29) is 12.3 Å². The number of hydrogen-bond donors (Lipinski definition) is 2. The molecule has 6 heteroatoms. The predicted molar refractivity (Wildman–Crippen MR) is 79.6 cm³/mol. The minimum absolute atomic E-state index is 0.0794. The maximum Gasteiger partial charge on any atom is 0.304 e. The minimum atomic E-state index is -0.750. The fourth-order valence-corrected chi connectivity index (χ4v) is 3.32. The monoisotopic (exact) mass is 297 g/mol. The van der Waals surface area contributed by atoms with E-state index in [0.717, 1.165) is 35.0 Å². The van der Waals surface area contributed by atoms with Crippen molar-refractivity contribution in [2.75, 3.05) is 0 Å². The molecule has 0 amide bonds. The third-order valence-corrected chi connectivity index (χ3v) is 4.30. The van der Waals surface area contributed by atoms with Crippen LogP contribution in [0.3, 0.4) is 0 Å². The molecule has 0 bridgehead atoms. The molecule has 112 valence electrons. The zero-order valence-corrected chi connectivity index (χ0v) is 12.1. The first-order chi connectivity index (χ1) is 10.6. The van der Waals surface area contributed by atoms with E-state index in [2.05, 4.69) is 21.2 Å². The minimum Gasteiger partial charge on any atom is -0.481 e. The van der Waals surface area contributed by atoms with E-state index < -0.39 is 5.97 Å². The number of H-pyrrole nitrogens is 1. The molecule has 0 spiro atoms. The average Bonchev–Trinajstić information content (AvgIpc) is 3.14. The number of carboxylic acid groups (broad SMARTS) is 1. The molecular formula is C16H15N3O3. The molecule has 1 unspecified atom stereocenters. The Morgan fingerprint density at radius 2 is 2.36 bits per heavy atom. The number of rotatable bonds is 3. The lowest BCUT2D eigenvalue weighted by Gasteiger charge is -2.05. The lowest BCUT2D eigenvalue weighted by Crippen LogP contribution is -2.03. The number of fused-ring (bicyclic) bond motifs is 3. The van der Waals surface area contributed by atoms with Gasteiger partial charge < -0.3 is 14.6 Å². The van der Waals surface area contributed by atoms with E-state index >= 15 is 0 Å². The summed E-state index contributed by atoms with van der Waals surface area (Å²) in [6.07, 6.45) is 1.97. The summed E-state index contributed by atoms with van der Waals surface area (Å²) in [5.41, 5.74) is 4.24. The lowest BCUT2D eigenvalue weighted by atomic mass is 10.0. The molecular weight excluding hydrogens is 282 g/mol. The van der Waals surface area contributed by atoms with Gasteiger partial charge in [-0.25, -0.2) is 0 Å². The Balaban J connectivity index is 1.79. The zero-order valence-electron chi connectivity index (χ0n) is 12.1. The number of aromatic amines is 1.